The number of rotatable bonds is 12. The van der Waals surface area contributed by atoms with E-state index in [0.717, 1.165) is 0 Å². The summed E-state index contributed by atoms with van der Waals surface area (Å²) in [5.74, 6) is -2.59. The Balaban J connectivity index is 1.22. The van der Waals surface area contributed by atoms with Crippen LogP contribution in [0.15, 0.2) is 16.9 Å². The monoisotopic (exact) mass is 603 g/mol. The Labute approximate surface area is 246 Å². The zero-order valence-corrected chi connectivity index (χ0v) is 24.4. The van der Waals surface area contributed by atoms with Crippen LogP contribution in [-0.2, 0) is 25.7 Å². The maximum atomic E-state index is 13.4. The van der Waals surface area contributed by atoms with Crippen molar-refractivity contribution in [2.45, 2.75) is 69.5 Å². The standard InChI is InChI=1S/C26H37N9O6S/c1-12(3-16(37)9-33-11-30-31-32-33)20-21-13(2)23(22(26(40)41)35(21)25(20)39)42-17-6-18(29-7-17)24(38)34-8-14(5-19(27)28)4-15(34)10-36/h11-15,17-18,20-21,29,36H,3-10H2,1-2H3,(H3,27,28)(H,40,41)/t12-,13+,14+,15?,17?,18?,20+,21+/m0/s1. The summed E-state index contributed by atoms with van der Waals surface area (Å²) in [5.41, 5.74) is 5.55. The first kappa shape index (κ1) is 30.1. The number of aromatic nitrogens is 4. The number of likely N-dealkylation sites (tertiary alicyclic amines) is 1. The molecule has 0 aromatic carbocycles. The lowest BCUT2D eigenvalue weighted by atomic mass is 9.73. The summed E-state index contributed by atoms with van der Waals surface area (Å²) < 4.78 is 1.33. The number of Topliss-reactive ketones (excluding diaryl/α,β-unsaturated/α-hetero) is 1. The third kappa shape index (κ3) is 5.66. The number of carbonyl (C=O) groups is 4. The van der Waals surface area contributed by atoms with Gasteiger partial charge < -0.3 is 31.1 Å². The second kappa shape index (κ2) is 12.1. The number of thioether (sulfide) groups is 1. The molecule has 2 amide bonds. The Hall–Kier alpha value is -3.37. The van der Waals surface area contributed by atoms with Gasteiger partial charge in [-0.05, 0) is 35.1 Å². The minimum Gasteiger partial charge on any atom is -0.477 e. The average Bonchev–Trinajstić information content (AvgIpc) is 3.71. The fourth-order valence-corrected chi connectivity index (χ4v) is 8.51. The van der Waals surface area contributed by atoms with E-state index in [0.29, 0.717) is 37.3 Å². The van der Waals surface area contributed by atoms with E-state index >= 15 is 0 Å². The van der Waals surface area contributed by atoms with Crippen LogP contribution >= 0.6 is 11.8 Å². The predicted octanol–water partition coefficient (Wildman–Crippen LogP) is -0.960. The summed E-state index contributed by atoms with van der Waals surface area (Å²) in [6.07, 6.45) is 2.94. The van der Waals surface area contributed by atoms with Gasteiger partial charge in [-0.1, -0.05) is 13.8 Å². The number of fused-ring (bicyclic) bond motifs is 1. The smallest absolute Gasteiger partial charge is 0.353 e. The number of aliphatic hydroxyl groups is 1. The van der Waals surface area contributed by atoms with Gasteiger partial charge in [0.1, 0.15) is 18.6 Å². The number of aliphatic hydroxyl groups excluding tert-OH is 1. The number of nitrogens with two attached hydrogens (primary N) is 1. The summed E-state index contributed by atoms with van der Waals surface area (Å²) in [6, 6.07) is -1.14. The minimum absolute atomic E-state index is 0.00431. The lowest BCUT2D eigenvalue weighted by Crippen LogP contribution is -2.62. The number of amidine groups is 1. The Morgan fingerprint density at radius 1 is 1.31 bits per heavy atom. The molecule has 1 aromatic rings. The van der Waals surface area contributed by atoms with Gasteiger partial charge in [0, 0.05) is 42.0 Å². The van der Waals surface area contributed by atoms with Crippen molar-refractivity contribution in [1.29, 1.82) is 5.41 Å². The molecule has 3 fully saturated rings. The largest absolute Gasteiger partial charge is 0.477 e. The molecule has 4 aliphatic heterocycles. The number of carbonyl (C=O) groups excluding carboxylic acids is 3. The molecule has 42 heavy (non-hydrogen) atoms. The number of aliphatic carboxylic acids is 1. The van der Waals surface area contributed by atoms with E-state index in [1.54, 1.807) is 4.90 Å². The number of ketones is 1. The quantitative estimate of drug-likeness (QED) is 0.111. The molecule has 0 saturated carbocycles. The van der Waals surface area contributed by atoms with Crippen molar-refractivity contribution in [1.82, 2.24) is 35.3 Å². The third-order valence-electron chi connectivity index (χ3n) is 8.87. The number of carboxylic acids is 1. The van der Waals surface area contributed by atoms with Crippen molar-refractivity contribution in [3.63, 3.8) is 0 Å². The average molecular weight is 604 g/mol. The maximum Gasteiger partial charge on any atom is 0.353 e. The summed E-state index contributed by atoms with van der Waals surface area (Å²) in [6.45, 7) is 4.52. The maximum absolute atomic E-state index is 13.4. The van der Waals surface area contributed by atoms with Crippen molar-refractivity contribution in [2.24, 2.45) is 29.4 Å². The first-order valence-corrected chi connectivity index (χ1v) is 15.0. The molecule has 15 nitrogen and oxygen atoms in total. The van der Waals surface area contributed by atoms with E-state index in [4.69, 9.17) is 11.1 Å². The molecule has 16 heteroatoms. The second-order valence-electron chi connectivity index (χ2n) is 11.9. The molecule has 3 saturated heterocycles. The lowest BCUT2D eigenvalue weighted by Gasteiger charge is -2.47. The predicted molar refractivity (Wildman–Crippen MR) is 150 cm³/mol. The fourth-order valence-electron chi connectivity index (χ4n) is 7.03. The number of tetrazole rings is 1. The van der Waals surface area contributed by atoms with Crippen LogP contribution in [0.1, 0.15) is 39.5 Å². The van der Waals surface area contributed by atoms with E-state index in [-0.39, 0.29) is 83.8 Å². The third-order valence-corrected chi connectivity index (χ3v) is 10.4. The summed E-state index contributed by atoms with van der Waals surface area (Å²) in [4.78, 5) is 55.2. The van der Waals surface area contributed by atoms with Crippen LogP contribution in [0.4, 0.5) is 0 Å². The number of hydrogen-bond donors (Lipinski definition) is 5. The molecule has 1 aromatic heterocycles. The van der Waals surface area contributed by atoms with Crippen molar-refractivity contribution < 1.29 is 29.4 Å². The molecule has 228 valence electrons. The van der Waals surface area contributed by atoms with Crippen LogP contribution < -0.4 is 11.1 Å². The first-order valence-electron chi connectivity index (χ1n) is 14.2. The molecule has 5 rings (SSSR count). The molecule has 6 N–H and O–H groups in total. The van der Waals surface area contributed by atoms with Crippen LogP contribution in [0.3, 0.4) is 0 Å². The molecule has 0 aliphatic carbocycles. The van der Waals surface area contributed by atoms with Crippen molar-refractivity contribution in [3.05, 3.63) is 16.9 Å². The zero-order chi connectivity index (χ0) is 30.3. The highest BCUT2D eigenvalue weighted by atomic mass is 32.2. The Kier molecular flexibility index (Phi) is 8.66. The molecule has 3 unspecified atom stereocenters. The van der Waals surface area contributed by atoms with Gasteiger partial charge in [0.2, 0.25) is 11.8 Å². The van der Waals surface area contributed by atoms with Crippen LogP contribution in [0.5, 0.6) is 0 Å². The van der Waals surface area contributed by atoms with E-state index in [1.807, 2.05) is 13.8 Å². The fraction of sp³-hybridized carbons (Fsp3) is 0.692. The Morgan fingerprint density at radius 3 is 2.71 bits per heavy atom. The second-order valence-corrected chi connectivity index (χ2v) is 13.2. The number of carboxylic acid groups (broad SMARTS) is 1. The molecule has 4 aliphatic rings. The van der Waals surface area contributed by atoms with Gasteiger partial charge in [-0.3, -0.25) is 19.8 Å². The Morgan fingerprint density at radius 2 is 2.07 bits per heavy atom. The molecular weight excluding hydrogens is 566 g/mol. The highest BCUT2D eigenvalue weighted by molar-refractivity contribution is 8.03. The summed E-state index contributed by atoms with van der Waals surface area (Å²) in [7, 11) is 0. The van der Waals surface area contributed by atoms with Crippen molar-refractivity contribution >= 4 is 41.2 Å². The number of nitrogens with one attached hydrogen (secondary N) is 2. The van der Waals surface area contributed by atoms with Gasteiger partial charge in [0.15, 0.2) is 5.78 Å². The Bertz CT molecular complexity index is 1290. The van der Waals surface area contributed by atoms with Crippen molar-refractivity contribution in [2.75, 3.05) is 19.7 Å². The normalized spacial score (nSPS) is 31.3. The highest BCUT2D eigenvalue weighted by Crippen LogP contribution is 2.53. The molecule has 0 radical (unpaired) electrons. The SMILES string of the molecule is C[C@@H](CC(=O)Cn1cnnn1)[C@H]1C(=O)N2C(C(=O)O)=C(SC3CNC(C(=O)N4C[C@@H](CC(=N)N)CC4CO)C3)[C@H](C)[C@H]12. The van der Waals surface area contributed by atoms with Gasteiger partial charge >= 0.3 is 5.97 Å². The van der Waals surface area contributed by atoms with Gasteiger partial charge in [-0.2, -0.15) is 0 Å². The molecule has 8 atom stereocenters. The number of nitrogens with zero attached hydrogens (tertiary/aromatic N) is 6. The van der Waals surface area contributed by atoms with Gasteiger partial charge in [-0.25, -0.2) is 9.48 Å². The highest BCUT2D eigenvalue weighted by Gasteiger charge is 2.60. The number of β-lactam (4-membered cyclic amide) rings is 1. The zero-order valence-electron chi connectivity index (χ0n) is 23.5. The minimum atomic E-state index is -1.17. The van der Waals surface area contributed by atoms with E-state index < -0.39 is 17.9 Å². The summed E-state index contributed by atoms with van der Waals surface area (Å²) in [5, 5.41) is 41.4. The molecular formula is C26H37N9O6S. The lowest BCUT2D eigenvalue weighted by molar-refractivity contribution is -0.160. The van der Waals surface area contributed by atoms with E-state index in [9.17, 15) is 29.4 Å². The number of amides is 2. The molecule has 5 heterocycles. The number of hydrogen-bond acceptors (Lipinski definition) is 11. The topological polar surface area (TPSA) is 221 Å². The van der Waals surface area contributed by atoms with Crippen LogP contribution in [0, 0.1) is 29.1 Å². The van der Waals surface area contributed by atoms with Crippen molar-refractivity contribution in [3.8, 4) is 0 Å². The van der Waals surface area contributed by atoms with Gasteiger partial charge in [0.05, 0.1) is 36.5 Å². The van der Waals surface area contributed by atoms with Crippen LogP contribution in [0.2, 0.25) is 0 Å². The summed E-state index contributed by atoms with van der Waals surface area (Å²) >= 11 is 1.40. The molecule has 0 bridgehead atoms. The van der Waals surface area contributed by atoms with Gasteiger partial charge in [-0.15, -0.1) is 16.9 Å². The first-order chi connectivity index (χ1) is 20.0. The van der Waals surface area contributed by atoms with E-state index in [1.165, 1.54) is 27.7 Å². The van der Waals surface area contributed by atoms with Gasteiger partial charge in [0.25, 0.3) is 0 Å². The van der Waals surface area contributed by atoms with Crippen LogP contribution in [0.25, 0.3) is 0 Å². The van der Waals surface area contributed by atoms with Crippen LogP contribution in [-0.4, -0.2) is 113 Å². The van der Waals surface area contributed by atoms with E-state index in [2.05, 4.69) is 20.8 Å². The molecule has 0 spiro atoms.